The second kappa shape index (κ2) is 9.76. The minimum Gasteiger partial charge on any atom is -0.481 e. The second-order valence-corrected chi connectivity index (χ2v) is 5.15. The summed E-state index contributed by atoms with van der Waals surface area (Å²) in [4.78, 5) is 35.2. The summed E-state index contributed by atoms with van der Waals surface area (Å²) < 4.78 is 23.2. The second-order valence-electron chi connectivity index (χ2n) is 5.15. The van der Waals surface area contributed by atoms with Crippen LogP contribution in [0.25, 0.3) is 0 Å². The summed E-state index contributed by atoms with van der Waals surface area (Å²) in [5, 5.41) is 2.46. The largest absolute Gasteiger partial charge is 0.481 e. The molecule has 0 aliphatic carbocycles. The van der Waals surface area contributed by atoms with Crippen LogP contribution >= 0.6 is 0 Å². The first-order valence-corrected chi connectivity index (χ1v) is 8.00. The van der Waals surface area contributed by atoms with Gasteiger partial charge < -0.3 is 9.47 Å². The van der Waals surface area contributed by atoms with Gasteiger partial charge in [-0.25, -0.2) is 9.18 Å². The van der Waals surface area contributed by atoms with Gasteiger partial charge in [0, 0.05) is 11.3 Å². The fraction of sp³-hybridized carbons (Fsp3) is 0.167. The maximum absolute atomic E-state index is 13.4. The van der Waals surface area contributed by atoms with Gasteiger partial charge in [0.2, 0.25) is 0 Å². The molecular formula is C18H18FN3O5. The molecule has 0 aliphatic rings. The average molecular weight is 375 g/mol. The normalized spacial score (nSPS) is 9.85. The molecule has 0 saturated heterocycles. The van der Waals surface area contributed by atoms with E-state index in [4.69, 9.17) is 9.47 Å². The molecule has 2 aromatic carbocycles. The van der Waals surface area contributed by atoms with Crippen molar-refractivity contribution >= 4 is 23.6 Å². The van der Waals surface area contributed by atoms with E-state index in [-0.39, 0.29) is 17.9 Å². The van der Waals surface area contributed by atoms with Crippen molar-refractivity contribution in [2.45, 2.75) is 6.92 Å². The molecule has 3 amide bonds. The van der Waals surface area contributed by atoms with Crippen molar-refractivity contribution in [1.29, 1.82) is 0 Å². The van der Waals surface area contributed by atoms with Gasteiger partial charge in [-0.1, -0.05) is 18.2 Å². The van der Waals surface area contributed by atoms with Crippen LogP contribution in [0.5, 0.6) is 5.75 Å². The van der Waals surface area contributed by atoms with E-state index in [9.17, 15) is 18.8 Å². The predicted molar refractivity (Wildman–Crippen MR) is 94.6 cm³/mol. The van der Waals surface area contributed by atoms with Crippen molar-refractivity contribution in [2.24, 2.45) is 0 Å². The Bertz CT molecular complexity index is 828. The molecule has 0 atom stereocenters. The summed E-state index contributed by atoms with van der Waals surface area (Å²) in [7, 11) is 0. The highest BCUT2D eigenvalue weighted by molar-refractivity contribution is 5.97. The van der Waals surface area contributed by atoms with Gasteiger partial charge >= 0.3 is 6.09 Å². The number of amides is 3. The van der Waals surface area contributed by atoms with Crippen LogP contribution in [-0.4, -0.2) is 31.1 Å². The van der Waals surface area contributed by atoms with E-state index in [1.807, 2.05) is 0 Å². The van der Waals surface area contributed by atoms with Gasteiger partial charge in [0.05, 0.1) is 6.61 Å². The molecule has 9 heteroatoms. The Balaban J connectivity index is 1.83. The molecule has 0 spiro atoms. The molecule has 27 heavy (non-hydrogen) atoms. The first kappa shape index (κ1) is 19.7. The standard InChI is InChI=1S/C18H18FN3O5/c1-2-26-18(25)20-13-7-5-6-12(10-13)17(24)22-21-16(23)11-27-15-9-4-3-8-14(15)19/h3-10H,2,11H2,1H3,(H,20,25)(H,21,23)(H,22,24). The zero-order valence-electron chi connectivity index (χ0n) is 14.5. The lowest BCUT2D eigenvalue weighted by Gasteiger charge is -2.10. The molecule has 0 bridgehead atoms. The lowest BCUT2D eigenvalue weighted by molar-refractivity contribution is -0.123. The number of carbonyl (C=O) groups is 3. The highest BCUT2D eigenvalue weighted by Gasteiger charge is 2.10. The van der Waals surface area contributed by atoms with Crippen LogP contribution < -0.4 is 20.9 Å². The number of benzene rings is 2. The van der Waals surface area contributed by atoms with Crippen molar-refractivity contribution in [3.05, 3.63) is 59.9 Å². The van der Waals surface area contributed by atoms with Crippen molar-refractivity contribution in [1.82, 2.24) is 10.9 Å². The number of hydrogen-bond acceptors (Lipinski definition) is 5. The monoisotopic (exact) mass is 375 g/mol. The number of rotatable bonds is 6. The molecule has 0 unspecified atom stereocenters. The van der Waals surface area contributed by atoms with E-state index in [2.05, 4.69) is 16.2 Å². The molecule has 2 aromatic rings. The quantitative estimate of drug-likeness (QED) is 0.672. The smallest absolute Gasteiger partial charge is 0.411 e. The van der Waals surface area contributed by atoms with Gasteiger partial charge in [0.15, 0.2) is 18.2 Å². The van der Waals surface area contributed by atoms with Crippen molar-refractivity contribution in [3.8, 4) is 5.75 Å². The minimum absolute atomic E-state index is 0.0725. The number of nitrogens with one attached hydrogen (secondary N) is 3. The number of anilines is 1. The maximum atomic E-state index is 13.4. The predicted octanol–water partition coefficient (Wildman–Crippen LogP) is 2.23. The average Bonchev–Trinajstić information content (AvgIpc) is 2.66. The van der Waals surface area contributed by atoms with Crippen LogP contribution in [0.4, 0.5) is 14.9 Å². The molecule has 0 heterocycles. The Labute approximate surface area is 154 Å². The molecular weight excluding hydrogens is 357 g/mol. The Hall–Kier alpha value is -3.62. The fourth-order valence-electron chi connectivity index (χ4n) is 1.96. The maximum Gasteiger partial charge on any atom is 0.411 e. The minimum atomic E-state index is -0.674. The van der Waals surface area contributed by atoms with Crippen molar-refractivity contribution in [3.63, 3.8) is 0 Å². The summed E-state index contributed by atoms with van der Waals surface area (Å²) in [6.45, 7) is 1.40. The van der Waals surface area contributed by atoms with Crippen LogP contribution in [0.2, 0.25) is 0 Å². The van der Waals surface area contributed by atoms with E-state index < -0.39 is 30.3 Å². The fourth-order valence-corrected chi connectivity index (χ4v) is 1.96. The summed E-state index contributed by atoms with van der Waals surface area (Å²) in [5.74, 6) is -1.95. The van der Waals surface area contributed by atoms with E-state index in [0.717, 1.165) is 0 Å². The topological polar surface area (TPSA) is 106 Å². The number of carbonyl (C=O) groups excluding carboxylic acids is 3. The van der Waals surface area contributed by atoms with Crippen LogP contribution in [0.3, 0.4) is 0 Å². The van der Waals surface area contributed by atoms with Crippen LogP contribution in [0.15, 0.2) is 48.5 Å². The summed E-state index contributed by atoms with van der Waals surface area (Å²) in [5.41, 5.74) is 4.90. The first-order valence-electron chi connectivity index (χ1n) is 8.00. The number of ether oxygens (including phenoxy) is 2. The molecule has 142 valence electrons. The third-order valence-corrected chi connectivity index (χ3v) is 3.16. The molecule has 0 fully saturated rings. The van der Waals surface area contributed by atoms with Gasteiger partial charge in [-0.2, -0.15) is 0 Å². The molecule has 2 rings (SSSR count). The van der Waals surface area contributed by atoms with Crippen molar-refractivity contribution < 1.29 is 28.2 Å². The molecule has 0 aliphatic heterocycles. The summed E-state index contributed by atoms with van der Waals surface area (Å²) in [6.07, 6.45) is -0.645. The highest BCUT2D eigenvalue weighted by atomic mass is 19.1. The van der Waals surface area contributed by atoms with E-state index in [1.54, 1.807) is 25.1 Å². The van der Waals surface area contributed by atoms with E-state index in [0.29, 0.717) is 5.69 Å². The van der Waals surface area contributed by atoms with Gasteiger partial charge in [-0.3, -0.25) is 25.8 Å². The van der Waals surface area contributed by atoms with Crippen LogP contribution in [0.1, 0.15) is 17.3 Å². The Morgan fingerprint density at radius 3 is 2.56 bits per heavy atom. The number of hydrogen-bond donors (Lipinski definition) is 3. The molecule has 8 nitrogen and oxygen atoms in total. The zero-order valence-corrected chi connectivity index (χ0v) is 14.5. The lowest BCUT2D eigenvalue weighted by atomic mass is 10.2. The third-order valence-electron chi connectivity index (χ3n) is 3.16. The summed E-state index contributed by atoms with van der Waals surface area (Å²) in [6, 6.07) is 11.7. The van der Waals surface area contributed by atoms with Gasteiger partial charge in [0.1, 0.15) is 0 Å². The number of para-hydroxylation sites is 1. The number of hydrazine groups is 1. The Morgan fingerprint density at radius 1 is 1.04 bits per heavy atom. The molecule has 0 saturated carbocycles. The molecule has 3 N–H and O–H groups in total. The SMILES string of the molecule is CCOC(=O)Nc1cccc(C(=O)NNC(=O)COc2ccccc2F)c1. The van der Waals surface area contributed by atoms with E-state index >= 15 is 0 Å². The van der Waals surface area contributed by atoms with Crippen LogP contribution in [-0.2, 0) is 9.53 Å². The van der Waals surface area contributed by atoms with Gasteiger partial charge in [-0.05, 0) is 37.3 Å². The summed E-state index contributed by atoms with van der Waals surface area (Å²) >= 11 is 0. The highest BCUT2D eigenvalue weighted by Crippen LogP contribution is 2.15. The van der Waals surface area contributed by atoms with Crippen LogP contribution in [0, 0.1) is 5.82 Å². The Morgan fingerprint density at radius 2 is 1.81 bits per heavy atom. The van der Waals surface area contributed by atoms with Gasteiger partial charge in [0.25, 0.3) is 11.8 Å². The third kappa shape index (κ3) is 6.31. The lowest BCUT2D eigenvalue weighted by Crippen LogP contribution is -2.43. The Kier molecular flexibility index (Phi) is 7.12. The zero-order chi connectivity index (χ0) is 19.6. The van der Waals surface area contributed by atoms with E-state index in [1.165, 1.54) is 30.3 Å². The molecule has 0 radical (unpaired) electrons. The van der Waals surface area contributed by atoms with Crippen molar-refractivity contribution in [2.75, 3.05) is 18.5 Å². The van der Waals surface area contributed by atoms with Gasteiger partial charge in [-0.15, -0.1) is 0 Å². The molecule has 0 aromatic heterocycles. The first-order chi connectivity index (χ1) is 13.0. The number of halogens is 1.